The molecule has 152 valence electrons. The van der Waals surface area contributed by atoms with Crippen LogP contribution in [0.1, 0.15) is 58.2 Å². The summed E-state index contributed by atoms with van der Waals surface area (Å²) >= 11 is 0. The molecule has 0 saturated heterocycles. The molecule has 0 spiro atoms. The Morgan fingerprint density at radius 2 is 2.00 bits per heavy atom. The van der Waals surface area contributed by atoms with Crippen molar-refractivity contribution in [2.24, 2.45) is 18.0 Å². The summed E-state index contributed by atoms with van der Waals surface area (Å²) in [5.41, 5.74) is 2.40. The number of aryl methyl sites for hydroxylation is 1. The number of rotatable bonds is 9. The van der Waals surface area contributed by atoms with Crippen molar-refractivity contribution in [1.82, 2.24) is 20.0 Å². The predicted molar refractivity (Wildman–Crippen MR) is 120 cm³/mol. The van der Waals surface area contributed by atoms with Crippen LogP contribution < -0.4 is 5.32 Å². The van der Waals surface area contributed by atoms with Gasteiger partial charge in [0.15, 0.2) is 5.96 Å². The van der Waals surface area contributed by atoms with E-state index in [0.717, 1.165) is 37.8 Å². The van der Waals surface area contributed by atoms with Crippen molar-refractivity contribution in [1.29, 1.82) is 0 Å². The van der Waals surface area contributed by atoms with Gasteiger partial charge in [-0.3, -0.25) is 9.67 Å². The maximum Gasteiger partial charge on any atom is 0.193 e. The molecule has 6 nitrogen and oxygen atoms in total. The summed E-state index contributed by atoms with van der Waals surface area (Å²) in [6.45, 7) is 13.2. The Kier molecular flexibility index (Phi) is 12.1. The van der Waals surface area contributed by atoms with Gasteiger partial charge in [0.2, 0.25) is 0 Å². The molecular weight excluding hydrogens is 441 g/mol. The molecule has 7 heteroatoms. The first kappa shape index (κ1) is 25.2. The van der Waals surface area contributed by atoms with Gasteiger partial charge in [0.1, 0.15) is 0 Å². The van der Waals surface area contributed by atoms with Crippen LogP contribution in [0, 0.1) is 5.92 Å². The van der Waals surface area contributed by atoms with Gasteiger partial charge in [0, 0.05) is 52.6 Å². The predicted octanol–water partition coefficient (Wildman–Crippen LogP) is 3.62. The Balaban J connectivity index is 0.00000625. The van der Waals surface area contributed by atoms with Crippen molar-refractivity contribution in [2.75, 3.05) is 27.2 Å². The molecule has 0 radical (unpaired) electrons. The van der Waals surface area contributed by atoms with Crippen molar-refractivity contribution < 1.29 is 4.74 Å². The molecule has 0 aliphatic rings. The molecular formula is C19H38IN5O. The van der Waals surface area contributed by atoms with Crippen LogP contribution in [0.4, 0.5) is 0 Å². The molecule has 0 aromatic carbocycles. The molecule has 1 atom stereocenters. The zero-order valence-corrected chi connectivity index (χ0v) is 20.1. The topological polar surface area (TPSA) is 54.7 Å². The molecule has 26 heavy (non-hydrogen) atoms. The summed E-state index contributed by atoms with van der Waals surface area (Å²) in [5.74, 6) is 1.83. The Morgan fingerprint density at radius 1 is 1.35 bits per heavy atom. The molecule has 1 heterocycles. The highest BCUT2D eigenvalue weighted by Gasteiger charge is 2.16. The van der Waals surface area contributed by atoms with Crippen molar-refractivity contribution in [2.45, 2.75) is 59.6 Å². The summed E-state index contributed by atoms with van der Waals surface area (Å²) in [4.78, 5) is 6.56. The van der Waals surface area contributed by atoms with Gasteiger partial charge in [0.05, 0.1) is 11.8 Å². The number of nitrogens with zero attached hydrogens (tertiary/aromatic N) is 4. The Morgan fingerprint density at radius 3 is 2.50 bits per heavy atom. The fourth-order valence-corrected chi connectivity index (χ4v) is 3.03. The standard InChI is InChI=1S/C19H37N5O.HI/c1-9-25-17(14(2)3)10-11-21-19(20-6)23(7)12-16-13-24(8)22-18(16)15(4)5;/h13-15,17H,9-12H2,1-8H3,(H,20,21);1H. The smallest absolute Gasteiger partial charge is 0.193 e. The SMILES string of the molecule is CCOC(CCNC(=NC)N(C)Cc1cn(C)nc1C(C)C)C(C)C.I. The molecule has 0 aliphatic heterocycles. The van der Waals surface area contributed by atoms with E-state index in [0.29, 0.717) is 11.8 Å². The summed E-state index contributed by atoms with van der Waals surface area (Å²) in [7, 11) is 5.87. The normalized spacial score (nSPS) is 13.1. The molecule has 0 saturated carbocycles. The van der Waals surface area contributed by atoms with Crippen LogP contribution in [0.5, 0.6) is 0 Å². The van der Waals surface area contributed by atoms with Crippen LogP contribution in [-0.4, -0.2) is 54.0 Å². The van der Waals surface area contributed by atoms with E-state index in [2.05, 4.69) is 68.2 Å². The summed E-state index contributed by atoms with van der Waals surface area (Å²) in [6.07, 6.45) is 3.36. The lowest BCUT2D eigenvalue weighted by Gasteiger charge is -2.25. The van der Waals surface area contributed by atoms with Crippen LogP contribution in [0.15, 0.2) is 11.2 Å². The zero-order chi connectivity index (χ0) is 19.0. The van der Waals surface area contributed by atoms with Gasteiger partial charge in [-0.05, 0) is 25.2 Å². The molecule has 1 aromatic heterocycles. The zero-order valence-electron chi connectivity index (χ0n) is 17.7. The Bertz CT molecular complexity index is 542. The van der Waals surface area contributed by atoms with Crippen LogP contribution in [0.3, 0.4) is 0 Å². The van der Waals surface area contributed by atoms with Gasteiger partial charge in [-0.1, -0.05) is 27.7 Å². The van der Waals surface area contributed by atoms with Crippen LogP contribution in [0.25, 0.3) is 0 Å². The van der Waals surface area contributed by atoms with Gasteiger partial charge in [-0.15, -0.1) is 24.0 Å². The third kappa shape index (κ3) is 7.82. The lowest BCUT2D eigenvalue weighted by Crippen LogP contribution is -2.40. The highest BCUT2D eigenvalue weighted by atomic mass is 127. The number of hydrogen-bond acceptors (Lipinski definition) is 3. The third-order valence-corrected chi connectivity index (χ3v) is 4.30. The van der Waals surface area contributed by atoms with Gasteiger partial charge >= 0.3 is 0 Å². The lowest BCUT2D eigenvalue weighted by molar-refractivity contribution is 0.0257. The second-order valence-corrected chi connectivity index (χ2v) is 7.22. The van der Waals surface area contributed by atoms with E-state index in [1.165, 1.54) is 5.56 Å². The lowest BCUT2D eigenvalue weighted by atomic mass is 10.0. The first-order chi connectivity index (χ1) is 11.8. The molecule has 0 aliphatic carbocycles. The van der Waals surface area contributed by atoms with Crippen LogP contribution >= 0.6 is 24.0 Å². The minimum atomic E-state index is 0. The van der Waals surface area contributed by atoms with Crippen LogP contribution in [0.2, 0.25) is 0 Å². The fourth-order valence-electron chi connectivity index (χ4n) is 3.03. The molecule has 1 unspecified atom stereocenters. The average Bonchev–Trinajstić information content (AvgIpc) is 2.90. The minimum absolute atomic E-state index is 0. The summed E-state index contributed by atoms with van der Waals surface area (Å²) in [6, 6.07) is 0. The molecule has 1 aromatic rings. The van der Waals surface area contributed by atoms with Crippen LogP contribution in [-0.2, 0) is 18.3 Å². The van der Waals surface area contributed by atoms with Crippen molar-refractivity contribution >= 4 is 29.9 Å². The second-order valence-electron chi connectivity index (χ2n) is 7.22. The van der Waals surface area contributed by atoms with Crippen molar-refractivity contribution in [3.8, 4) is 0 Å². The van der Waals surface area contributed by atoms with Crippen molar-refractivity contribution in [3.63, 3.8) is 0 Å². The highest BCUT2D eigenvalue weighted by Crippen LogP contribution is 2.18. The van der Waals surface area contributed by atoms with E-state index in [1.54, 1.807) is 0 Å². The van der Waals surface area contributed by atoms with E-state index in [4.69, 9.17) is 4.74 Å². The average molecular weight is 479 g/mol. The van der Waals surface area contributed by atoms with Gasteiger partial charge < -0.3 is 15.0 Å². The first-order valence-corrected chi connectivity index (χ1v) is 9.35. The Hall–Kier alpha value is -0.830. The molecule has 1 rings (SSSR count). The monoisotopic (exact) mass is 479 g/mol. The largest absolute Gasteiger partial charge is 0.378 e. The molecule has 0 amide bonds. The van der Waals surface area contributed by atoms with E-state index in [9.17, 15) is 0 Å². The molecule has 0 fully saturated rings. The number of halogens is 1. The van der Waals surface area contributed by atoms with Gasteiger partial charge in [-0.25, -0.2) is 0 Å². The van der Waals surface area contributed by atoms with E-state index < -0.39 is 0 Å². The number of nitrogens with one attached hydrogen (secondary N) is 1. The Labute approximate surface area is 176 Å². The van der Waals surface area contributed by atoms with Crippen molar-refractivity contribution in [3.05, 3.63) is 17.5 Å². The quantitative estimate of drug-likeness (QED) is 0.334. The maximum atomic E-state index is 5.82. The second kappa shape index (κ2) is 12.5. The van der Waals surface area contributed by atoms with E-state index in [1.807, 2.05) is 18.8 Å². The number of hydrogen-bond donors (Lipinski definition) is 1. The minimum Gasteiger partial charge on any atom is -0.378 e. The summed E-state index contributed by atoms with van der Waals surface area (Å²) in [5, 5.41) is 8.04. The number of aliphatic imine (C=N–C) groups is 1. The number of ether oxygens (including phenoxy) is 1. The van der Waals surface area contributed by atoms with Gasteiger partial charge in [0.25, 0.3) is 0 Å². The molecule has 0 bridgehead atoms. The fraction of sp³-hybridized carbons (Fsp3) is 0.789. The van der Waals surface area contributed by atoms with E-state index in [-0.39, 0.29) is 30.1 Å². The summed E-state index contributed by atoms with van der Waals surface area (Å²) < 4.78 is 7.71. The highest BCUT2D eigenvalue weighted by molar-refractivity contribution is 14.0. The first-order valence-electron chi connectivity index (χ1n) is 9.35. The third-order valence-electron chi connectivity index (χ3n) is 4.30. The maximum absolute atomic E-state index is 5.82. The van der Waals surface area contributed by atoms with Gasteiger partial charge in [-0.2, -0.15) is 5.10 Å². The van der Waals surface area contributed by atoms with E-state index >= 15 is 0 Å². The molecule has 1 N–H and O–H groups in total. The number of aromatic nitrogens is 2. The number of guanidine groups is 1.